The summed E-state index contributed by atoms with van der Waals surface area (Å²) < 4.78 is 26.4. The second-order valence-corrected chi connectivity index (χ2v) is 32.1. The molecule has 272 valence electrons. The molecule has 0 aromatic carbocycles. The van der Waals surface area contributed by atoms with E-state index in [1.807, 2.05) is 6.92 Å². The Bertz CT molecular complexity index is 1150. The van der Waals surface area contributed by atoms with Crippen LogP contribution >= 0.6 is 0 Å². The van der Waals surface area contributed by atoms with Crippen LogP contribution in [0.2, 0.25) is 54.4 Å². The Kier molecular flexibility index (Phi) is 17.6. The normalized spacial score (nSPS) is 17.4. The summed E-state index contributed by atoms with van der Waals surface area (Å²) in [6.45, 7) is 45.2. The summed E-state index contributed by atoms with van der Waals surface area (Å²) in [7, 11) is -6.28. The van der Waals surface area contributed by atoms with Gasteiger partial charge in [-0.15, -0.1) is 0 Å². The van der Waals surface area contributed by atoms with Crippen molar-refractivity contribution in [2.75, 3.05) is 6.61 Å². The summed E-state index contributed by atoms with van der Waals surface area (Å²) in [4.78, 5) is 11.7. The molecule has 0 fully saturated rings. The molecule has 0 aromatic rings. The fraction of sp³-hybridized carbons (Fsp3) is 0.718. The average Bonchev–Trinajstić information content (AvgIpc) is 2.84. The summed E-state index contributed by atoms with van der Waals surface area (Å²) in [5.74, 6) is -0.325. The average molecular weight is 707 g/mol. The summed E-state index contributed by atoms with van der Waals surface area (Å²) in [6.07, 6.45) is 14.4. The molecule has 8 heteroatoms. The van der Waals surface area contributed by atoms with Gasteiger partial charge in [-0.05, 0) is 95.4 Å². The maximum atomic E-state index is 11.7. The molecular formula is C39H74O5Si3. The molecule has 0 bridgehead atoms. The van der Waals surface area contributed by atoms with E-state index in [2.05, 4.69) is 153 Å². The SMILES string of the molecule is CCOC(=O)/C=C/C(C)=C/C(C)=C/C=C/C(C)=C/[C@H](O[Si](C)(C)C(C)(C)C)[C@H](C[C@H](C)O[Si](C)(C)C(C)(C)C)O[Si](C)(C)C(C)(C)C. The monoisotopic (exact) mass is 706 g/mol. The van der Waals surface area contributed by atoms with Gasteiger partial charge in [0.2, 0.25) is 0 Å². The van der Waals surface area contributed by atoms with Gasteiger partial charge in [-0.25, -0.2) is 4.79 Å². The van der Waals surface area contributed by atoms with Crippen LogP contribution in [0.1, 0.15) is 103 Å². The number of carbonyl (C=O) groups is 1. The molecule has 0 spiro atoms. The van der Waals surface area contributed by atoms with E-state index >= 15 is 0 Å². The molecule has 47 heavy (non-hydrogen) atoms. The van der Waals surface area contributed by atoms with Gasteiger partial charge in [0.05, 0.1) is 18.8 Å². The third kappa shape index (κ3) is 16.3. The molecule has 0 saturated carbocycles. The van der Waals surface area contributed by atoms with E-state index in [0.29, 0.717) is 6.61 Å². The largest absolute Gasteiger partial charge is 0.463 e. The van der Waals surface area contributed by atoms with Crippen molar-refractivity contribution >= 4 is 30.9 Å². The molecule has 0 aliphatic heterocycles. The van der Waals surface area contributed by atoms with Crippen LogP contribution in [0.4, 0.5) is 0 Å². The van der Waals surface area contributed by atoms with E-state index in [-0.39, 0.29) is 39.4 Å². The molecule has 0 amide bonds. The lowest BCUT2D eigenvalue weighted by Crippen LogP contribution is -2.52. The van der Waals surface area contributed by atoms with Gasteiger partial charge in [-0.3, -0.25) is 0 Å². The Hall–Kier alpha value is -1.30. The van der Waals surface area contributed by atoms with Gasteiger partial charge in [-0.2, -0.15) is 0 Å². The van der Waals surface area contributed by atoms with E-state index in [9.17, 15) is 4.79 Å². The third-order valence-corrected chi connectivity index (χ3v) is 23.7. The smallest absolute Gasteiger partial charge is 0.330 e. The number of carbonyl (C=O) groups excluding carboxylic acids is 1. The standard InChI is InChI=1S/C39H74O5Si3/c1-21-41-36(40)26-25-32(4)27-30(2)23-22-24-31(3)28-34(43-46(17,18)38(9,10)11)35(44-47(19,20)39(12,13)14)29-33(5)42-45(15,16)37(6,7)8/h22-28,33-35H,21,29H2,1-20H3/b24-22+,26-25+,30-23+,31-28+,32-27+/t33-,34-,35-/m0/s1. The second kappa shape index (κ2) is 18.1. The highest BCUT2D eigenvalue weighted by Crippen LogP contribution is 2.42. The van der Waals surface area contributed by atoms with Crippen LogP contribution in [0.25, 0.3) is 0 Å². The van der Waals surface area contributed by atoms with Crippen molar-refractivity contribution in [2.24, 2.45) is 0 Å². The van der Waals surface area contributed by atoms with Gasteiger partial charge >= 0.3 is 5.97 Å². The molecule has 0 saturated heterocycles. The van der Waals surface area contributed by atoms with Crippen LogP contribution < -0.4 is 0 Å². The van der Waals surface area contributed by atoms with Crippen LogP contribution in [0, 0.1) is 0 Å². The van der Waals surface area contributed by atoms with Crippen LogP contribution in [0.5, 0.6) is 0 Å². The van der Waals surface area contributed by atoms with Crippen LogP contribution in [-0.2, 0) is 22.8 Å². The van der Waals surface area contributed by atoms with Crippen LogP contribution in [0.3, 0.4) is 0 Å². The van der Waals surface area contributed by atoms with Crippen molar-refractivity contribution in [1.82, 2.24) is 0 Å². The van der Waals surface area contributed by atoms with E-state index in [0.717, 1.165) is 23.1 Å². The van der Waals surface area contributed by atoms with E-state index < -0.39 is 25.0 Å². The Morgan fingerprint density at radius 2 is 1.13 bits per heavy atom. The van der Waals surface area contributed by atoms with E-state index in [1.54, 1.807) is 13.0 Å². The fourth-order valence-corrected chi connectivity index (χ4v) is 8.16. The minimum absolute atomic E-state index is 0.0407. The topological polar surface area (TPSA) is 54.0 Å². The zero-order chi connectivity index (χ0) is 37.2. The third-order valence-electron chi connectivity index (χ3n) is 10.1. The van der Waals surface area contributed by atoms with E-state index in [1.165, 1.54) is 6.08 Å². The van der Waals surface area contributed by atoms with Crippen molar-refractivity contribution in [3.63, 3.8) is 0 Å². The van der Waals surface area contributed by atoms with Crippen molar-refractivity contribution in [2.45, 2.75) is 176 Å². The highest BCUT2D eigenvalue weighted by atomic mass is 28.4. The van der Waals surface area contributed by atoms with Gasteiger partial charge in [0, 0.05) is 12.2 Å². The molecule has 5 nitrogen and oxygen atoms in total. The zero-order valence-corrected chi connectivity index (χ0v) is 37.2. The van der Waals surface area contributed by atoms with Crippen molar-refractivity contribution in [3.05, 3.63) is 59.3 Å². The quantitative estimate of drug-likeness (QED) is 0.0692. The van der Waals surface area contributed by atoms with Crippen LogP contribution in [0.15, 0.2) is 59.3 Å². The van der Waals surface area contributed by atoms with Crippen molar-refractivity contribution in [1.29, 1.82) is 0 Å². The molecule has 0 aliphatic rings. The number of rotatable bonds is 16. The number of allylic oxidation sites excluding steroid dienone is 8. The maximum Gasteiger partial charge on any atom is 0.330 e. The highest BCUT2D eigenvalue weighted by Gasteiger charge is 2.45. The molecule has 0 aromatic heterocycles. The van der Waals surface area contributed by atoms with Gasteiger partial charge < -0.3 is 18.0 Å². The number of hydrogen-bond acceptors (Lipinski definition) is 5. The number of ether oxygens (including phenoxy) is 1. The lowest BCUT2D eigenvalue weighted by molar-refractivity contribution is -0.137. The zero-order valence-electron chi connectivity index (χ0n) is 34.2. The first-order valence-corrected chi connectivity index (χ1v) is 26.3. The Labute approximate surface area is 294 Å². The van der Waals surface area contributed by atoms with Crippen molar-refractivity contribution in [3.8, 4) is 0 Å². The predicted octanol–water partition coefficient (Wildman–Crippen LogP) is 12.1. The Morgan fingerprint density at radius 1 is 0.660 bits per heavy atom. The van der Waals surface area contributed by atoms with Gasteiger partial charge in [0.25, 0.3) is 0 Å². The van der Waals surface area contributed by atoms with Gasteiger partial charge in [-0.1, -0.05) is 115 Å². The molecule has 0 radical (unpaired) electrons. The molecule has 0 N–H and O–H groups in total. The minimum Gasteiger partial charge on any atom is -0.463 e. The molecular weight excluding hydrogens is 633 g/mol. The molecule has 0 rings (SSSR count). The highest BCUT2D eigenvalue weighted by molar-refractivity contribution is 6.75. The van der Waals surface area contributed by atoms with Crippen molar-refractivity contribution < 1.29 is 22.8 Å². The predicted molar refractivity (Wildman–Crippen MR) is 213 cm³/mol. The summed E-state index contributed by atoms with van der Waals surface area (Å²) >= 11 is 0. The lowest BCUT2D eigenvalue weighted by Gasteiger charge is -2.46. The Balaban J connectivity index is 6.73. The fourth-order valence-electron chi connectivity index (χ4n) is 4.11. The Morgan fingerprint density at radius 3 is 1.60 bits per heavy atom. The first-order chi connectivity index (χ1) is 21.0. The maximum absolute atomic E-state index is 11.7. The molecule has 0 heterocycles. The summed E-state index contributed by atoms with van der Waals surface area (Å²) in [5, 5.41) is 0.250. The van der Waals surface area contributed by atoms with Gasteiger partial charge in [0.15, 0.2) is 25.0 Å². The number of esters is 1. The van der Waals surface area contributed by atoms with E-state index in [4.69, 9.17) is 18.0 Å². The van der Waals surface area contributed by atoms with Crippen LogP contribution in [-0.4, -0.2) is 55.8 Å². The summed E-state index contributed by atoms with van der Waals surface area (Å²) in [5.41, 5.74) is 3.20. The second-order valence-electron chi connectivity index (χ2n) is 17.8. The lowest BCUT2D eigenvalue weighted by atomic mass is 10.0. The molecule has 3 atom stereocenters. The molecule has 0 aliphatic carbocycles. The first-order valence-electron chi connectivity index (χ1n) is 17.6. The summed E-state index contributed by atoms with van der Waals surface area (Å²) in [6, 6.07) is 0. The first kappa shape index (κ1) is 45.7. The van der Waals surface area contributed by atoms with Gasteiger partial charge in [0.1, 0.15) is 0 Å². The minimum atomic E-state index is -2.16. The molecule has 0 unspecified atom stereocenters. The number of hydrogen-bond donors (Lipinski definition) is 0.